The van der Waals surface area contributed by atoms with Gasteiger partial charge in [-0.05, 0) is 18.2 Å². The van der Waals surface area contributed by atoms with Gasteiger partial charge in [0.25, 0.3) is 5.56 Å². The van der Waals surface area contributed by atoms with Gasteiger partial charge in [0.15, 0.2) is 0 Å². The topological polar surface area (TPSA) is 86.1 Å². The van der Waals surface area contributed by atoms with Crippen LogP contribution in [0.3, 0.4) is 0 Å². The number of hydrogen-bond donors (Lipinski definition) is 1. The summed E-state index contributed by atoms with van der Waals surface area (Å²) < 4.78 is 7.21. The molecule has 0 fully saturated rings. The molecule has 2 heterocycles. The van der Waals surface area contributed by atoms with Crippen molar-refractivity contribution in [3.05, 3.63) is 68.1 Å². The Kier molecular flexibility index (Phi) is 4.26. The smallest absolute Gasteiger partial charge is 0.331 e. The van der Waals surface area contributed by atoms with Crippen LogP contribution < -0.4 is 11.2 Å². The standard InChI is InChI=1S/C16H14ClN3O4/c1-19-14(21)5-6-20(16(19)23)8-15(22)24-9-10-7-11-12(17)3-2-4-13(11)18-10/h2-7,18H,8-9H2,1H3. The third-order valence-electron chi connectivity index (χ3n) is 3.62. The summed E-state index contributed by atoms with van der Waals surface area (Å²) >= 11 is 6.09. The van der Waals surface area contributed by atoms with Crippen LogP contribution in [0.2, 0.25) is 5.02 Å². The predicted molar refractivity (Wildman–Crippen MR) is 89.0 cm³/mol. The molecule has 0 saturated heterocycles. The zero-order valence-electron chi connectivity index (χ0n) is 12.8. The molecule has 3 rings (SSSR count). The van der Waals surface area contributed by atoms with E-state index in [0.717, 1.165) is 20.0 Å². The van der Waals surface area contributed by atoms with Gasteiger partial charge in [-0.1, -0.05) is 17.7 Å². The largest absolute Gasteiger partial charge is 0.458 e. The van der Waals surface area contributed by atoms with Crippen molar-refractivity contribution < 1.29 is 9.53 Å². The number of nitrogens with zero attached hydrogens (tertiary/aromatic N) is 2. The molecule has 0 aliphatic heterocycles. The molecule has 7 nitrogen and oxygen atoms in total. The van der Waals surface area contributed by atoms with Crippen LogP contribution in [0.5, 0.6) is 0 Å². The summed E-state index contributed by atoms with van der Waals surface area (Å²) in [6.45, 7) is -0.238. The summed E-state index contributed by atoms with van der Waals surface area (Å²) in [6, 6.07) is 8.50. The van der Waals surface area contributed by atoms with Crippen LogP contribution in [0.15, 0.2) is 46.1 Å². The second kappa shape index (κ2) is 6.37. The van der Waals surface area contributed by atoms with Crippen molar-refractivity contribution in [1.29, 1.82) is 0 Å². The maximum absolute atomic E-state index is 11.9. The van der Waals surface area contributed by atoms with Gasteiger partial charge in [0, 0.05) is 35.2 Å². The molecule has 3 aromatic rings. The number of H-pyrrole nitrogens is 1. The molecular weight excluding hydrogens is 334 g/mol. The lowest BCUT2D eigenvalue weighted by Crippen LogP contribution is -2.38. The first kappa shape index (κ1) is 16.1. The fraction of sp³-hybridized carbons (Fsp3) is 0.188. The van der Waals surface area contributed by atoms with E-state index in [9.17, 15) is 14.4 Å². The van der Waals surface area contributed by atoms with Gasteiger partial charge < -0.3 is 9.72 Å². The molecule has 8 heteroatoms. The van der Waals surface area contributed by atoms with Crippen LogP contribution in [0, 0.1) is 0 Å². The van der Waals surface area contributed by atoms with Crippen molar-refractivity contribution in [2.75, 3.05) is 0 Å². The Bertz CT molecular complexity index is 1030. The second-order valence-corrected chi connectivity index (χ2v) is 5.69. The monoisotopic (exact) mass is 347 g/mol. The van der Waals surface area contributed by atoms with Gasteiger partial charge in [0.05, 0.1) is 5.69 Å². The molecule has 24 heavy (non-hydrogen) atoms. The van der Waals surface area contributed by atoms with Crippen LogP contribution >= 0.6 is 11.6 Å². The molecule has 0 spiro atoms. The zero-order chi connectivity index (χ0) is 17.3. The average molecular weight is 348 g/mol. The maximum atomic E-state index is 11.9. The number of hydrogen-bond acceptors (Lipinski definition) is 4. The van der Waals surface area contributed by atoms with Crippen molar-refractivity contribution in [2.24, 2.45) is 7.05 Å². The molecule has 0 saturated carbocycles. The summed E-state index contributed by atoms with van der Waals surface area (Å²) in [6.07, 6.45) is 1.27. The number of carbonyl (C=O) groups excluding carboxylic acids is 1. The highest BCUT2D eigenvalue weighted by Crippen LogP contribution is 2.24. The Labute approximate surface area is 141 Å². The van der Waals surface area contributed by atoms with Crippen molar-refractivity contribution >= 4 is 28.5 Å². The molecule has 0 radical (unpaired) electrons. The highest BCUT2D eigenvalue weighted by molar-refractivity contribution is 6.35. The van der Waals surface area contributed by atoms with Crippen LogP contribution in [0.25, 0.3) is 10.9 Å². The van der Waals surface area contributed by atoms with Crippen LogP contribution in [0.4, 0.5) is 0 Å². The Hall–Kier alpha value is -2.80. The first-order valence-electron chi connectivity index (χ1n) is 7.14. The number of ether oxygens (including phenoxy) is 1. The minimum Gasteiger partial charge on any atom is -0.458 e. The van der Waals surface area contributed by atoms with E-state index in [1.165, 1.54) is 19.3 Å². The van der Waals surface area contributed by atoms with Crippen molar-refractivity contribution in [3.8, 4) is 0 Å². The van der Waals surface area contributed by atoms with Crippen molar-refractivity contribution in [1.82, 2.24) is 14.1 Å². The summed E-state index contributed by atoms with van der Waals surface area (Å²) in [5.74, 6) is -0.583. The molecule has 2 aromatic heterocycles. The molecule has 0 aliphatic rings. The minimum absolute atomic E-state index is 0.0321. The number of esters is 1. The fourth-order valence-corrected chi connectivity index (χ4v) is 2.56. The van der Waals surface area contributed by atoms with E-state index in [0.29, 0.717) is 10.7 Å². The number of benzene rings is 1. The van der Waals surface area contributed by atoms with E-state index < -0.39 is 17.2 Å². The van der Waals surface area contributed by atoms with E-state index in [4.69, 9.17) is 16.3 Å². The number of fused-ring (bicyclic) bond motifs is 1. The van der Waals surface area contributed by atoms with Crippen LogP contribution in [0.1, 0.15) is 5.69 Å². The van der Waals surface area contributed by atoms with E-state index in [1.54, 1.807) is 6.07 Å². The Balaban J connectivity index is 1.69. The summed E-state index contributed by atoms with van der Waals surface area (Å²) in [5.41, 5.74) is 0.540. The van der Waals surface area contributed by atoms with Crippen LogP contribution in [-0.2, 0) is 29.7 Å². The molecule has 1 N–H and O–H groups in total. The third-order valence-corrected chi connectivity index (χ3v) is 3.94. The van der Waals surface area contributed by atoms with Gasteiger partial charge in [-0.2, -0.15) is 0 Å². The van der Waals surface area contributed by atoms with Gasteiger partial charge >= 0.3 is 11.7 Å². The highest BCUT2D eigenvalue weighted by Gasteiger charge is 2.10. The Morgan fingerprint density at radius 2 is 2.08 bits per heavy atom. The van der Waals surface area contributed by atoms with Crippen molar-refractivity contribution in [3.63, 3.8) is 0 Å². The SMILES string of the molecule is Cn1c(=O)ccn(CC(=O)OCc2cc3c(Cl)cccc3[nH]2)c1=O. The number of aromatic amines is 1. The normalized spacial score (nSPS) is 10.9. The minimum atomic E-state index is -0.583. The molecular formula is C16H14ClN3O4. The molecule has 0 unspecified atom stereocenters. The van der Waals surface area contributed by atoms with Gasteiger partial charge in [-0.3, -0.25) is 18.7 Å². The zero-order valence-corrected chi connectivity index (χ0v) is 13.5. The number of nitrogens with one attached hydrogen (secondary N) is 1. The van der Waals surface area contributed by atoms with Gasteiger partial charge in [-0.25, -0.2) is 4.79 Å². The molecule has 0 amide bonds. The maximum Gasteiger partial charge on any atom is 0.331 e. The van der Waals surface area contributed by atoms with E-state index >= 15 is 0 Å². The molecule has 0 atom stereocenters. The first-order valence-corrected chi connectivity index (χ1v) is 7.52. The predicted octanol–water partition coefficient (Wildman–Crippen LogP) is 1.43. The lowest BCUT2D eigenvalue weighted by atomic mass is 10.2. The van der Waals surface area contributed by atoms with E-state index in [1.807, 2.05) is 18.2 Å². The third kappa shape index (κ3) is 3.11. The summed E-state index contributed by atoms with van der Waals surface area (Å²) in [5, 5.41) is 1.46. The van der Waals surface area contributed by atoms with Gasteiger partial charge in [0.2, 0.25) is 0 Å². The lowest BCUT2D eigenvalue weighted by Gasteiger charge is -2.07. The number of carbonyl (C=O) groups is 1. The second-order valence-electron chi connectivity index (χ2n) is 5.28. The van der Waals surface area contributed by atoms with E-state index in [-0.39, 0.29) is 13.2 Å². The van der Waals surface area contributed by atoms with Gasteiger partial charge in [0.1, 0.15) is 13.2 Å². The van der Waals surface area contributed by atoms with E-state index in [2.05, 4.69) is 4.98 Å². The first-order chi connectivity index (χ1) is 11.5. The number of halogens is 1. The average Bonchev–Trinajstić information content (AvgIpc) is 2.98. The summed E-state index contributed by atoms with van der Waals surface area (Å²) in [7, 11) is 1.35. The lowest BCUT2D eigenvalue weighted by molar-refractivity contribution is -0.145. The van der Waals surface area contributed by atoms with Gasteiger partial charge in [-0.15, -0.1) is 0 Å². The highest BCUT2D eigenvalue weighted by atomic mass is 35.5. The molecule has 124 valence electrons. The fourth-order valence-electron chi connectivity index (χ4n) is 2.33. The number of rotatable bonds is 4. The van der Waals surface area contributed by atoms with Crippen LogP contribution in [-0.4, -0.2) is 20.1 Å². The Morgan fingerprint density at radius 3 is 2.83 bits per heavy atom. The molecule has 1 aromatic carbocycles. The van der Waals surface area contributed by atoms with Crippen molar-refractivity contribution in [2.45, 2.75) is 13.2 Å². The Morgan fingerprint density at radius 1 is 1.29 bits per heavy atom. The molecule has 0 aliphatic carbocycles. The quantitative estimate of drug-likeness (QED) is 0.723. The molecule has 0 bridgehead atoms. The summed E-state index contributed by atoms with van der Waals surface area (Å²) in [4.78, 5) is 38.2. The number of aromatic nitrogens is 3.